The monoisotopic (exact) mass is 166 g/mol. The molecule has 3 rings (SSSR count). The first-order valence-electron chi connectivity index (χ1n) is 4.47. The van der Waals surface area contributed by atoms with Gasteiger partial charge in [0.1, 0.15) is 17.5 Å². The van der Waals surface area contributed by atoms with Crippen molar-refractivity contribution in [1.82, 2.24) is 0 Å². The van der Waals surface area contributed by atoms with Crippen LogP contribution < -0.4 is 0 Å². The minimum absolute atomic E-state index is 0.0557. The lowest BCUT2D eigenvalue weighted by Crippen LogP contribution is -2.33. The molecule has 1 saturated heterocycles. The number of hydrogen-bond acceptors (Lipinski definition) is 3. The van der Waals surface area contributed by atoms with E-state index in [4.69, 9.17) is 4.74 Å². The van der Waals surface area contributed by atoms with Crippen LogP contribution in [-0.2, 0) is 14.3 Å². The molecular formula is C9H10O3. The highest BCUT2D eigenvalue weighted by molar-refractivity contribution is 5.95. The molecule has 0 N–H and O–H groups in total. The normalized spacial score (nSPS) is 50.3. The number of Topliss-reactive ketones (excluding diaryl/α,β-unsaturated/α-hetero) is 2. The number of carbonyl (C=O) groups excluding carboxylic acids is 2. The fourth-order valence-corrected chi connectivity index (χ4v) is 2.74. The van der Waals surface area contributed by atoms with Crippen molar-refractivity contribution >= 4 is 11.6 Å². The van der Waals surface area contributed by atoms with Gasteiger partial charge in [-0.1, -0.05) is 0 Å². The first-order chi connectivity index (χ1) is 5.74. The summed E-state index contributed by atoms with van der Waals surface area (Å²) in [6.45, 7) is 0. The first-order valence-corrected chi connectivity index (χ1v) is 4.47. The zero-order valence-electron chi connectivity index (χ0n) is 6.71. The minimum Gasteiger partial charge on any atom is -0.357 e. The van der Waals surface area contributed by atoms with Crippen molar-refractivity contribution < 1.29 is 14.3 Å². The van der Waals surface area contributed by atoms with Crippen LogP contribution in [0.3, 0.4) is 0 Å². The van der Waals surface area contributed by atoms with Gasteiger partial charge >= 0.3 is 0 Å². The predicted molar refractivity (Wildman–Crippen MR) is 39.6 cm³/mol. The second kappa shape index (κ2) is 1.79. The third-order valence-corrected chi connectivity index (χ3v) is 3.44. The largest absolute Gasteiger partial charge is 0.357 e. The van der Waals surface area contributed by atoms with Gasteiger partial charge in [-0.3, -0.25) is 9.59 Å². The molecule has 0 amide bonds. The molecule has 1 spiro atoms. The molecule has 0 aromatic heterocycles. The molecule has 0 aromatic carbocycles. The molecule has 3 aliphatic rings. The van der Waals surface area contributed by atoms with Crippen LogP contribution in [0.5, 0.6) is 0 Å². The van der Waals surface area contributed by atoms with Crippen molar-refractivity contribution in [3.05, 3.63) is 0 Å². The fraction of sp³-hybridized carbons (Fsp3) is 0.778. The summed E-state index contributed by atoms with van der Waals surface area (Å²) in [5.74, 6) is 0.575. The Kier molecular flexibility index (Phi) is 1.01. The summed E-state index contributed by atoms with van der Waals surface area (Å²) >= 11 is 0. The molecule has 0 aromatic rings. The minimum atomic E-state index is -0.299. The van der Waals surface area contributed by atoms with E-state index in [9.17, 15) is 9.59 Å². The maximum absolute atomic E-state index is 11.4. The molecule has 2 saturated carbocycles. The van der Waals surface area contributed by atoms with Gasteiger partial charge in [0, 0.05) is 12.8 Å². The molecule has 3 nitrogen and oxygen atoms in total. The van der Waals surface area contributed by atoms with Gasteiger partial charge in [-0.2, -0.15) is 0 Å². The first kappa shape index (κ1) is 6.78. The maximum atomic E-state index is 11.4. The van der Waals surface area contributed by atoms with Gasteiger partial charge in [0.2, 0.25) is 0 Å². The number of ether oxygens (including phenoxy) is 1. The number of ketones is 2. The van der Waals surface area contributed by atoms with Crippen molar-refractivity contribution in [1.29, 1.82) is 0 Å². The third-order valence-electron chi connectivity index (χ3n) is 3.44. The summed E-state index contributed by atoms with van der Waals surface area (Å²) in [4.78, 5) is 22.6. The van der Waals surface area contributed by atoms with E-state index in [1.54, 1.807) is 0 Å². The summed E-state index contributed by atoms with van der Waals surface area (Å²) in [6.07, 6.45) is 2.47. The fourth-order valence-electron chi connectivity index (χ4n) is 2.74. The van der Waals surface area contributed by atoms with Gasteiger partial charge < -0.3 is 4.74 Å². The summed E-state index contributed by atoms with van der Waals surface area (Å²) in [5, 5.41) is 0. The molecule has 3 atom stereocenters. The Morgan fingerprint density at radius 1 is 1.25 bits per heavy atom. The Labute approximate surface area is 70.1 Å². The van der Waals surface area contributed by atoms with Crippen LogP contribution in [0.1, 0.15) is 25.7 Å². The smallest absolute Gasteiger partial charge is 0.164 e. The van der Waals surface area contributed by atoms with Gasteiger partial charge in [0.05, 0.1) is 5.92 Å². The molecule has 0 radical (unpaired) electrons. The van der Waals surface area contributed by atoms with E-state index in [-0.39, 0.29) is 23.4 Å². The van der Waals surface area contributed by atoms with Gasteiger partial charge in [0.15, 0.2) is 5.78 Å². The summed E-state index contributed by atoms with van der Waals surface area (Å²) in [7, 11) is 0. The Morgan fingerprint density at radius 3 is 2.92 bits per heavy atom. The van der Waals surface area contributed by atoms with Crippen LogP contribution in [-0.4, -0.2) is 23.3 Å². The predicted octanol–water partition coefficient (Wildman–Crippen LogP) is 0.466. The topological polar surface area (TPSA) is 46.7 Å². The molecule has 12 heavy (non-hydrogen) atoms. The van der Waals surface area contributed by atoms with E-state index in [2.05, 4.69) is 0 Å². The van der Waals surface area contributed by atoms with Crippen molar-refractivity contribution in [2.45, 2.75) is 37.4 Å². The standard InChI is InChI=1S/C9H10O3/c10-6-3-4-9-5(6)1-2-7(11)8(9)12-9/h5,8H,1-4H2/t5-,8+,9-/m0/s1. The van der Waals surface area contributed by atoms with Gasteiger partial charge in [0.25, 0.3) is 0 Å². The van der Waals surface area contributed by atoms with Crippen molar-refractivity contribution in [2.24, 2.45) is 5.92 Å². The number of carbonyl (C=O) groups is 2. The second-order valence-electron chi connectivity index (χ2n) is 3.98. The Balaban J connectivity index is 1.98. The average molecular weight is 166 g/mol. The van der Waals surface area contributed by atoms with Crippen LogP contribution in [0, 0.1) is 5.92 Å². The average Bonchev–Trinajstić information content (AvgIpc) is 2.70. The van der Waals surface area contributed by atoms with Crippen LogP contribution in [0.4, 0.5) is 0 Å². The van der Waals surface area contributed by atoms with Crippen molar-refractivity contribution in [3.8, 4) is 0 Å². The maximum Gasteiger partial charge on any atom is 0.164 e. The molecule has 1 heterocycles. The van der Waals surface area contributed by atoms with E-state index in [1.165, 1.54) is 0 Å². The molecule has 0 bridgehead atoms. The van der Waals surface area contributed by atoms with E-state index in [0.717, 1.165) is 12.8 Å². The lowest BCUT2D eigenvalue weighted by atomic mass is 9.80. The third kappa shape index (κ3) is 0.578. The molecular weight excluding hydrogens is 156 g/mol. The summed E-state index contributed by atoms with van der Waals surface area (Å²) in [5.41, 5.74) is -0.299. The summed E-state index contributed by atoms with van der Waals surface area (Å²) in [6, 6.07) is 0. The van der Waals surface area contributed by atoms with Crippen LogP contribution in [0.2, 0.25) is 0 Å². The Morgan fingerprint density at radius 2 is 2.08 bits per heavy atom. The van der Waals surface area contributed by atoms with Crippen LogP contribution in [0.15, 0.2) is 0 Å². The molecule has 2 aliphatic carbocycles. The Hall–Kier alpha value is -0.700. The van der Waals surface area contributed by atoms with Gasteiger partial charge in [-0.15, -0.1) is 0 Å². The van der Waals surface area contributed by atoms with Crippen LogP contribution >= 0.6 is 0 Å². The lowest BCUT2D eigenvalue weighted by molar-refractivity contribution is -0.123. The van der Waals surface area contributed by atoms with Gasteiger partial charge in [-0.05, 0) is 12.8 Å². The quantitative estimate of drug-likeness (QED) is 0.491. The lowest BCUT2D eigenvalue weighted by Gasteiger charge is -2.17. The second-order valence-corrected chi connectivity index (χ2v) is 3.98. The zero-order valence-corrected chi connectivity index (χ0v) is 6.71. The number of hydrogen-bond donors (Lipinski definition) is 0. The SMILES string of the molecule is O=C1CC[C@H]2C(=O)CC[C@]23O[C@H]13. The van der Waals surface area contributed by atoms with Gasteiger partial charge in [-0.25, -0.2) is 0 Å². The van der Waals surface area contributed by atoms with E-state index in [1.807, 2.05) is 0 Å². The number of rotatable bonds is 0. The van der Waals surface area contributed by atoms with Crippen molar-refractivity contribution in [2.75, 3.05) is 0 Å². The van der Waals surface area contributed by atoms with E-state index >= 15 is 0 Å². The molecule has 3 heteroatoms. The highest BCUT2D eigenvalue weighted by atomic mass is 16.6. The number of epoxide rings is 1. The molecule has 1 aliphatic heterocycles. The summed E-state index contributed by atoms with van der Waals surface area (Å²) < 4.78 is 5.40. The van der Waals surface area contributed by atoms with Crippen molar-refractivity contribution in [3.63, 3.8) is 0 Å². The molecule has 0 unspecified atom stereocenters. The molecule has 3 fully saturated rings. The highest BCUT2D eigenvalue weighted by Crippen LogP contribution is 2.56. The zero-order chi connectivity index (χ0) is 8.34. The molecule has 64 valence electrons. The van der Waals surface area contributed by atoms with Crippen LogP contribution in [0.25, 0.3) is 0 Å². The van der Waals surface area contributed by atoms with E-state index < -0.39 is 0 Å². The Bertz CT molecular complexity index is 283. The highest BCUT2D eigenvalue weighted by Gasteiger charge is 2.70. The van der Waals surface area contributed by atoms with E-state index in [0.29, 0.717) is 18.6 Å².